The summed E-state index contributed by atoms with van der Waals surface area (Å²) < 4.78 is 0. The van der Waals surface area contributed by atoms with Gasteiger partial charge in [0.05, 0.1) is 0 Å². The van der Waals surface area contributed by atoms with Gasteiger partial charge in [-0.25, -0.2) is 0 Å². The van der Waals surface area contributed by atoms with Crippen LogP contribution in [0, 0.1) is 13.8 Å². The average Bonchev–Trinajstić information content (AvgIpc) is 1.77. The molecule has 1 aromatic carbocycles. The van der Waals surface area contributed by atoms with Gasteiger partial charge < -0.3 is 0 Å². The summed E-state index contributed by atoms with van der Waals surface area (Å²) in [6.07, 6.45) is 0. The predicted molar refractivity (Wildman–Crippen MR) is 44.5 cm³/mol. The SMILES string of the molecule is Cc1ccc(C)cc1.[PbH2]. The van der Waals surface area contributed by atoms with Gasteiger partial charge in [0.2, 0.25) is 0 Å². The van der Waals surface area contributed by atoms with Crippen molar-refractivity contribution in [2.75, 3.05) is 0 Å². The van der Waals surface area contributed by atoms with Crippen molar-refractivity contribution in [3.05, 3.63) is 35.4 Å². The molecule has 0 amide bonds. The monoisotopic (exact) mass is 316 g/mol. The second-order valence-corrected chi connectivity index (χ2v) is 2.15. The van der Waals surface area contributed by atoms with Crippen molar-refractivity contribution in [3.63, 3.8) is 0 Å². The molecule has 0 atom stereocenters. The molecular weight excluding hydrogens is 303 g/mol. The molecule has 2 radical (unpaired) electrons. The third-order valence-electron chi connectivity index (χ3n) is 1.22. The molecule has 0 bridgehead atoms. The van der Waals surface area contributed by atoms with E-state index in [1.807, 2.05) is 0 Å². The van der Waals surface area contributed by atoms with Crippen molar-refractivity contribution in [1.82, 2.24) is 0 Å². The van der Waals surface area contributed by atoms with Crippen LogP contribution in [-0.4, -0.2) is 27.3 Å². The molecule has 0 fully saturated rings. The second kappa shape index (κ2) is 4.04. The van der Waals surface area contributed by atoms with Crippen LogP contribution in [0.5, 0.6) is 0 Å². The molecule has 0 saturated heterocycles. The average molecular weight is 315 g/mol. The molecule has 0 N–H and O–H groups in total. The van der Waals surface area contributed by atoms with Gasteiger partial charge in [0.15, 0.2) is 0 Å². The van der Waals surface area contributed by atoms with Crippen molar-refractivity contribution in [1.29, 1.82) is 0 Å². The first kappa shape index (κ1) is 9.14. The van der Waals surface area contributed by atoms with Crippen molar-refractivity contribution >= 4 is 27.3 Å². The molecule has 0 aliphatic carbocycles. The van der Waals surface area contributed by atoms with Gasteiger partial charge in [0, 0.05) is 0 Å². The molecule has 0 unspecified atom stereocenters. The normalized spacial score (nSPS) is 8.22. The molecule has 0 nitrogen and oxygen atoms in total. The molecule has 0 aromatic heterocycles. The molecule has 9 heavy (non-hydrogen) atoms. The zero-order valence-corrected chi connectivity index (χ0v) is 11.5. The fourth-order valence-corrected chi connectivity index (χ4v) is 0.637. The predicted octanol–water partition coefficient (Wildman–Crippen LogP) is 1.39. The molecule has 48 valence electrons. The zero-order valence-electron chi connectivity index (χ0n) is 6.02. The summed E-state index contributed by atoms with van der Waals surface area (Å²) in [5, 5.41) is 0. The third-order valence-corrected chi connectivity index (χ3v) is 1.22. The van der Waals surface area contributed by atoms with Gasteiger partial charge in [-0.2, -0.15) is 0 Å². The van der Waals surface area contributed by atoms with E-state index in [4.69, 9.17) is 0 Å². The van der Waals surface area contributed by atoms with E-state index < -0.39 is 0 Å². The second-order valence-electron chi connectivity index (χ2n) is 2.15. The molecule has 1 aromatic rings. The number of rotatable bonds is 0. The third kappa shape index (κ3) is 2.99. The molecule has 1 rings (SSSR count). The van der Waals surface area contributed by atoms with E-state index in [0.29, 0.717) is 0 Å². The number of benzene rings is 1. The fourth-order valence-electron chi connectivity index (χ4n) is 0.637. The minimum atomic E-state index is 0. The van der Waals surface area contributed by atoms with Crippen LogP contribution >= 0.6 is 0 Å². The summed E-state index contributed by atoms with van der Waals surface area (Å²) in [5.74, 6) is 0. The Morgan fingerprint density at radius 2 is 1.00 bits per heavy atom. The number of hydrogen-bond acceptors (Lipinski definition) is 0. The first-order valence-corrected chi connectivity index (χ1v) is 2.82. The van der Waals surface area contributed by atoms with E-state index in [9.17, 15) is 0 Å². The van der Waals surface area contributed by atoms with E-state index in [2.05, 4.69) is 38.1 Å². The minimum absolute atomic E-state index is 0. The summed E-state index contributed by atoms with van der Waals surface area (Å²) in [4.78, 5) is 0. The summed E-state index contributed by atoms with van der Waals surface area (Å²) in [7, 11) is 0. The summed E-state index contributed by atoms with van der Waals surface area (Å²) in [5.41, 5.74) is 2.66. The van der Waals surface area contributed by atoms with Gasteiger partial charge in [-0.1, -0.05) is 35.4 Å². The Bertz CT molecular complexity index is 143. The van der Waals surface area contributed by atoms with E-state index in [1.165, 1.54) is 11.1 Å². The van der Waals surface area contributed by atoms with Crippen molar-refractivity contribution in [2.45, 2.75) is 13.8 Å². The number of hydrogen-bond donors (Lipinski definition) is 0. The van der Waals surface area contributed by atoms with Crippen molar-refractivity contribution in [2.24, 2.45) is 0 Å². The summed E-state index contributed by atoms with van der Waals surface area (Å²) >= 11 is 0. The summed E-state index contributed by atoms with van der Waals surface area (Å²) in [6.45, 7) is 4.19. The van der Waals surface area contributed by atoms with Crippen LogP contribution < -0.4 is 0 Å². The molecular formula is C8H12Pb. The Kier molecular flexibility index (Phi) is 4.10. The van der Waals surface area contributed by atoms with E-state index in [-0.39, 0.29) is 27.3 Å². The van der Waals surface area contributed by atoms with Gasteiger partial charge in [-0.15, -0.1) is 0 Å². The fraction of sp³-hybridized carbons (Fsp3) is 0.250. The molecule has 0 aliphatic heterocycles. The first-order valence-electron chi connectivity index (χ1n) is 2.82. The van der Waals surface area contributed by atoms with Crippen LogP contribution in [0.3, 0.4) is 0 Å². The van der Waals surface area contributed by atoms with E-state index >= 15 is 0 Å². The van der Waals surface area contributed by atoms with Crippen LogP contribution in [0.25, 0.3) is 0 Å². The Morgan fingerprint density at radius 1 is 0.778 bits per heavy atom. The van der Waals surface area contributed by atoms with Crippen LogP contribution in [0.2, 0.25) is 0 Å². The molecule has 0 saturated carbocycles. The zero-order chi connectivity index (χ0) is 5.98. The van der Waals surface area contributed by atoms with Crippen molar-refractivity contribution < 1.29 is 0 Å². The van der Waals surface area contributed by atoms with Gasteiger partial charge in [-0.05, 0) is 13.8 Å². The molecule has 0 heterocycles. The maximum atomic E-state index is 2.12. The topological polar surface area (TPSA) is 0 Å². The van der Waals surface area contributed by atoms with Gasteiger partial charge in [-0.3, -0.25) is 0 Å². The summed E-state index contributed by atoms with van der Waals surface area (Å²) in [6, 6.07) is 8.48. The van der Waals surface area contributed by atoms with Crippen LogP contribution in [0.4, 0.5) is 0 Å². The standard InChI is InChI=1S/C8H10.Pb.2H/c1-7-3-5-8(2)6-4-7;;;/h3-6H,1-2H3;;;. The maximum absolute atomic E-state index is 2.12. The Hall–Kier alpha value is 0.142. The van der Waals surface area contributed by atoms with Crippen molar-refractivity contribution in [3.8, 4) is 0 Å². The first-order chi connectivity index (χ1) is 3.79. The quantitative estimate of drug-likeness (QED) is 0.635. The van der Waals surface area contributed by atoms with Crippen LogP contribution in [-0.2, 0) is 0 Å². The molecule has 0 aliphatic rings. The van der Waals surface area contributed by atoms with Gasteiger partial charge >= 0.3 is 27.3 Å². The molecule has 1 heteroatoms. The Labute approximate surface area is 76.4 Å². The van der Waals surface area contributed by atoms with Crippen LogP contribution in [0.1, 0.15) is 11.1 Å². The van der Waals surface area contributed by atoms with Gasteiger partial charge in [0.25, 0.3) is 0 Å². The Balaban J connectivity index is 0.000000640. The molecule has 0 spiro atoms. The number of aryl methyl sites for hydroxylation is 2. The van der Waals surface area contributed by atoms with Gasteiger partial charge in [0.1, 0.15) is 0 Å². The van der Waals surface area contributed by atoms with E-state index in [1.54, 1.807) is 0 Å². The van der Waals surface area contributed by atoms with E-state index in [0.717, 1.165) is 0 Å². The van der Waals surface area contributed by atoms with Crippen LogP contribution in [0.15, 0.2) is 24.3 Å². The Morgan fingerprint density at radius 3 is 1.22 bits per heavy atom.